The molecule has 0 aromatic heterocycles. The first-order chi connectivity index (χ1) is 8.49. The summed E-state index contributed by atoms with van der Waals surface area (Å²) in [5, 5.41) is 0. The van der Waals surface area contributed by atoms with Gasteiger partial charge in [-0.1, -0.05) is 12.1 Å². The zero-order chi connectivity index (χ0) is 13.2. The number of epoxide rings is 1. The van der Waals surface area contributed by atoms with E-state index in [0.29, 0.717) is 6.10 Å². The molecule has 0 N–H and O–H groups in total. The quantitative estimate of drug-likeness (QED) is 0.750. The lowest BCUT2D eigenvalue weighted by Gasteiger charge is -2.35. The Hall–Kier alpha value is -1.06. The molecule has 1 aliphatic heterocycles. The van der Waals surface area contributed by atoms with Crippen LogP contribution in [0.5, 0.6) is 5.75 Å². The topological polar surface area (TPSA) is 25.0 Å². The second-order valence-electron chi connectivity index (χ2n) is 5.85. The van der Waals surface area contributed by atoms with E-state index in [-0.39, 0.29) is 5.54 Å². The molecule has 0 spiro atoms. The van der Waals surface area contributed by atoms with Crippen molar-refractivity contribution in [2.24, 2.45) is 0 Å². The van der Waals surface area contributed by atoms with E-state index in [2.05, 4.69) is 37.8 Å². The van der Waals surface area contributed by atoms with Crippen LogP contribution in [0.1, 0.15) is 26.3 Å². The predicted octanol–water partition coefficient (Wildman–Crippen LogP) is 2.69. The highest BCUT2D eigenvalue weighted by Crippen LogP contribution is 2.22. The Bertz CT molecular complexity index is 376. The van der Waals surface area contributed by atoms with E-state index < -0.39 is 0 Å². The van der Waals surface area contributed by atoms with Crippen LogP contribution < -0.4 is 4.74 Å². The Morgan fingerprint density at radius 1 is 1.28 bits per heavy atom. The van der Waals surface area contributed by atoms with E-state index in [1.165, 1.54) is 5.56 Å². The Labute approximate surface area is 110 Å². The average molecular weight is 249 g/mol. The highest BCUT2D eigenvalue weighted by atomic mass is 16.6. The normalized spacial score (nSPS) is 19.1. The molecule has 1 heterocycles. The molecule has 1 aromatic rings. The molecule has 0 amide bonds. The minimum Gasteiger partial charge on any atom is -0.497 e. The third-order valence-electron chi connectivity index (χ3n) is 3.31. The molecule has 100 valence electrons. The van der Waals surface area contributed by atoms with Gasteiger partial charge in [0.15, 0.2) is 0 Å². The van der Waals surface area contributed by atoms with Gasteiger partial charge >= 0.3 is 0 Å². The van der Waals surface area contributed by atoms with Gasteiger partial charge in [0.25, 0.3) is 0 Å². The molecule has 2 rings (SSSR count). The molecule has 3 heteroatoms. The fourth-order valence-electron chi connectivity index (χ4n) is 1.95. The van der Waals surface area contributed by atoms with Crippen molar-refractivity contribution in [3.63, 3.8) is 0 Å². The summed E-state index contributed by atoms with van der Waals surface area (Å²) in [6, 6.07) is 8.30. The number of hydrogen-bond acceptors (Lipinski definition) is 3. The second-order valence-corrected chi connectivity index (χ2v) is 5.85. The molecule has 0 bridgehead atoms. The largest absolute Gasteiger partial charge is 0.497 e. The lowest BCUT2D eigenvalue weighted by Crippen LogP contribution is -2.43. The number of nitrogens with zero attached hydrogens (tertiary/aromatic N) is 1. The summed E-state index contributed by atoms with van der Waals surface area (Å²) in [4.78, 5) is 2.46. The fourth-order valence-corrected chi connectivity index (χ4v) is 1.95. The van der Waals surface area contributed by atoms with Crippen LogP contribution in [0.2, 0.25) is 0 Å². The standard InChI is InChI=1S/C15H23NO2/c1-15(2,3)16(10-14-11-18-14)9-12-5-7-13(17-4)8-6-12/h5-8,14H,9-11H2,1-4H3. The number of methoxy groups -OCH3 is 1. The molecular formula is C15H23NO2. The molecule has 1 unspecified atom stereocenters. The Balaban J connectivity index is 2.02. The van der Waals surface area contributed by atoms with Crippen LogP contribution in [-0.4, -0.2) is 36.8 Å². The zero-order valence-corrected chi connectivity index (χ0v) is 11.8. The number of rotatable bonds is 5. The number of hydrogen-bond donors (Lipinski definition) is 0. The lowest BCUT2D eigenvalue weighted by atomic mass is 10.0. The van der Waals surface area contributed by atoms with Crippen LogP contribution in [0, 0.1) is 0 Å². The second kappa shape index (κ2) is 5.29. The molecule has 0 radical (unpaired) electrons. The van der Waals surface area contributed by atoms with Crippen molar-refractivity contribution in [1.82, 2.24) is 4.90 Å². The molecule has 1 atom stereocenters. The first kappa shape index (κ1) is 13.4. The summed E-state index contributed by atoms with van der Waals surface area (Å²) >= 11 is 0. The van der Waals surface area contributed by atoms with E-state index in [4.69, 9.17) is 9.47 Å². The van der Waals surface area contributed by atoms with Gasteiger partial charge in [-0.2, -0.15) is 0 Å². The van der Waals surface area contributed by atoms with Gasteiger partial charge in [-0.15, -0.1) is 0 Å². The minimum atomic E-state index is 0.159. The van der Waals surface area contributed by atoms with Gasteiger partial charge in [-0.05, 0) is 38.5 Å². The Morgan fingerprint density at radius 3 is 2.33 bits per heavy atom. The molecular weight excluding hydrogens is 226 g/mol. The maximum atomic E-state index is 5.35. The monoisotopic (exact) mass is 249 g/mol. The molecule has 1 fully saturated rings. The van der Waals surface area contributed by atoms with E-state index >= 15 is 0 Å². The Kier molecular flexibility index (Phi) is 3.93. The molecule has 1 aliphatic rings. The maximum Gasteiger partial charge on any atom is 0.118 e. The Morgan fingerprint density at radius 2 is 1.89 bits per heavy atom. The summed E-state index contributed by atoms with van der Waals surface area (Å²) in [6.45, 7) is 9.62. The molecule has 0 aliphatic carbocycles. The van der Waals surface area contributed by atoms with Crippen molar-refractivity contribution in [2.75, 3.05) is 20.3 Å². The van der Waals surface area contributed by atoms with E-state index in [9.17, 15) is 0 Å². The molecule has 0 saturated carbocycles. The fraction of sp³-hybridized carbons (Fsp3) is 0.600. The molecule has 1 saturated heterocycles. The maximum absolute atomic E-state index is 5.35. The van der Waals surface area contributed by atoms with Crippen LogP contribution in [0.4, 0.5) is 0 Å². The summed E-state index contributed by atoms with van der Waals surface area (Å²) < 4.78 is 10.5. The first-order valence-corrected chi connectivity index (χ1v) is 6.48. The van der Waals surface area contributed by atoms with Gasteiger partial charge in [0.1, 0.15) is 5.75 Å². The van der Waals surface area contributed by atoms with Crippen LogP contribution >= 0.6 is 0 Å². The van der Waals surface area contributed by atoms with Crippen LogP contribution in [-0.2, 0) is 11.3 Å². The van der Waals surface area contributed by atoms with Crippen molar-refractivity contribution in [2.45, 2.75) is 39.0 Å². The van der Waals surface area contributed by atoms with Gasteiger partial charge in [-0.3, -0.25) is 4.90 Å². The number of benzene rings is 1. The first-order valence-electron chi connectivity index (χ1n) is 6.48. The summed E-state index contributed by atoms with van der Waals surface area (Å²) in [5.74, 6) is 0.909. The summed E-state index contributed by atoms with van der Waals surface area (Å²) in [6.07, 6.45) is 0.433. The summed E-state index contributed by atoms with van der Waals surface area (Å²) in [5.41, 5.74) is 1.47. The van der Waals surface area contributed by atoms with Crippen molar-refractivity contribution in [3.05, 3.63) is 29.8 Å². The van der Waals surface area contributed by atoms with E-state index in [1.807, 2.05) is 12.1 Å². The third kappa shape index (κ3) is 3.72. The van der Waals surface area contributed by atoms with Gasteiger partial charge < -0.3 is 9.47 Å². The minimum absolute atomic E-state index is 0.159. The molecule has 3 nitrogen and oxygen atoms in total. The van der Waals surface area contributed by atoms with E-state index in [0.717, 1.165) is 25.4 Å². The van der Waals surface area contributed by atoms with Crippen molar-refractivity contribution < 1.29 is 9.47 Å². The number of ether oxygens (including phenoxy) is 2. The van der Waals surface area contributed by atoms with Crippen molar-refractivity contribution >= 4 is 0 Å². The van der Waals surface area contributed by atoms with Crippen LogP contribution in [0.15, 0.2) is 24.3 Å². The zero-order valence-electron chi connectivity index (χ0n) is 11.8. The predicted molar refractivity (Wildman–Crippen MR) is 72.9 cm³/mol. The highest BCUT2D eigenvalue weighted by Gasteiger charge is 2.30. The SMILES string of the molecule is COc1ccc(CN(CC2CO2)C(C)(C)C)cc1. The van der Waals surface area contributed by atoms with Crippen molar-refractivity contribution in [1.29, 1.82) is 0 Å². The van der Waals surface area contributed by atoms with Crippen molar-refractivity contribution in [3.8, 4) is 5.75 Å². The van der Waals surface area contributed by atoms with Crippen LogP contribution in [0.25, 0.3) is 0 Å². The van der Waals surface area contributed by atoms with Crippen LogP contribution in [0.3, 0.4) is 0 Å². The van der Waals surface area contributed by atoms with Gasteiger partial charge in [0.2, 0.25) is 0 Å². The smallest absolute Gasteiger partial charge is 0.118 e. The van der Waals surface area contributed by atoms with Gasteiger partial charge in [0.05, 0.1) is 19.8 Å². The lowest BCUT2D eigenvalue weighted by molar-refractivity contribution is 0.116. The van der Waals surface area contributed by atoms with Gasteiger partial charge in [-0.25, -0.2) is 0 Å². The highest BCUT2D eigenvalue weighted by molar-refractivity contribution is 5.27. The summed E-state index contributed by atoms with van der Waals surface area (Å²) in [7, 11) is 1.70. The molecule has 1 aromatic carbocycles. The molecule has 18 heavy (non-hydrogen) atoms. The van der Waals surface area contributed by atoms with Gasteiger partial charge in [0, 0.05) is 18.6 Å². The average Bonchev–Trinajstić information content (AvgIpc) is 3.12. The third-order valence-corrected chi connectivity index (χ3v) is 3.31. The van der Waals surface area contributed by atoms with E-state index in [1.54, 1.807) is 7.11 Å².